The Morgan fingerprint density at radius 3 is 2.72 bits per heavy atom. The number of benzene rings is 1. The number of imidazole rings is 1. The number of carbonyl (C=O) groups excluding carboxylic acids is 1. The Balaban J connectivity index is 1.65. The van der Waals surface area contributed by atoms with Crippen molar-refractivity contribution in [2.45, 2.75) is 43.7 Å². The molecule has 0 bridgehead atoms. The van der Waals surface area contributed by atoms with Crippen molar-refractivity contribution >= 4 is 5.91 Å². The summed E-state index contributed by atoms with van der Waals surface area (Å²) in [6, 6.07) is 10.1. The fourth-order valence-electron chi connectivity index (χ4n) is 4.69. The largest absolute Gasteiger partial charge is 0.385 e. The van der Waals surface area contributed by atoms with Crippen molar-refractivity contribution in [3.8, 4) is 0 Å². The highest BCUT2D eigenvalue weighted by atomic mass is 16.3. The van der Waals surface area contributed by atoms with Crippen LogP contribution in [0.3, 0.4) is 0 Å². The van der Waals surface area contributed by atoms with Crippen LogP contribution in [0.4, 0.5) is 0 Å². The molecule has 2 fully saturated rings. The van der Waals surface area contributed by atoms with E-state index in [2.05, 4.69) is 4.98 Å². The maximum atomic E-state index is 13.0. The summed E-state index contributed by atoms with van der Waals surface area (Å²) in [5.74, 6) is 0.0812. The van der Waals surface area contributed by atoms with Gasteiger partial charge in [-0.05, 0) is 24.8 Å². The van der Waals surface area contributed by atoms with E-state index in [0.29, 0.717) is 18.7 Å². The summed E-state index contributed by atoms with van der Waals surface area (Å²) in [5.41, 5.74) is 0.640. The third kappa shape index (κ3) is 2.76. The van der Waals surface area contributed by atoms with E-state index in [1.807, 2.05) is 42.3 Å². The first kappa shape index (κ1) is 16.3. The number of rotatable bonds is 2. The number of aliphatic hydroxyl groups is 1. The van der Waals surface area contributed by atoms with Crippen molar-refractivity contribution in [2.24, 2.45) is 13.0 Å². The van der Waals surface area contributed by atoms with Crippen LogP contribution in [-0.2, 0) is 12.6 Å². The summed E-state index contributed by atoms with van der Waals surface area (Å²) >= 11 is 0. The van der Waals surface area contributed by atoms with Crippen molar-refractivity contribution in [3.63, 3.8) is 0 Å². The highest BCUT2D eigenvalue weighted by molar-refractivity contribution is 5.92. The van der Waals surface area contributed by atoms with Crippen LogP contribution in [0.15, 0.2) is 42.9 Å². The summed E-state index contributed by atoms with van der Waals surface area (Å²) in [5, 5.41) is 11.6. The van der Waals surface area contributed by atoms with Crippen molar-refractivity contribution in [1.82, 2.24) is 14.5 Å². The molecule has 2 aliphatic rings. The molecule has 1 aliphatic heterocycles. The molecule has 1 aromatic carbocycles. The molecule has 5 heteroatoms. The molecule has 1 aliphatic carbocycles. The molecule has 132 valence electrons. The van der Waals surface area contributed by atoms with E-state index in [9.17, 15) is 9.90 Å². The first-order chi connectivity index (χ1) is 12.1. The molecule has 1 unspecified atom stereocenters. The molecule has 1 saturated carbocycles. The zero-order chi connectivity index (χ0) is 17.4. The summed E-state index contributed by atoms with van der Waals surface area (Å²) < 4.78 is 1.80. The van der Waals surface area contributed by atoms with Crippen LogP contribution in [-0.4, -0.2) is 38.1 Å². The molecule has 1 aromatic heterocycles. The van der Waals surface area contributed by atoms with Gasteiger partial charge in [0.25, 0.3) is 5.91 Å². The average Bonchev–Trinajstić information content (AvgIpc) is 3.09. The van der Waals surface area contributed by atoms with E-state index in [-0.39, 0.29) is 17.9 Å². The van der Waals surface area contributed by atoms with Gasteiger partial charge in [0, 0.05) is 31.7 Å². The molecular formula is C20H25N3O2. The molecule has 25 heavy (non-hydrogen) atoms. The zero-order valence-electron chi connectivity index (χ0n) is 14.6. The average molecular weight is 339 g/mol. The maximum absolute atomic E-state index is 13.0. The number of amides is 1. The van der Waals surface area contributed by atoms with E-state index in [1.165, 1.54) is 0 Å². The smallest absolute Gasteiger partial charge is 0.274 e. The van der Waals surface area contributed by atoms with Gasteiger partial charge in [0.15, 0.2) is 0 Å². The van der Waals surface area contributed by atoms with Crippen LogP contribution in [0.25, 0.3) is 0 Å². The number of fused-ring (bicyclic) bond motifs is 1. The van der Waals surface area contributed by atoms with Gasteiger partial charge >= 0.3 is 0 Å². The first-order valence-corrected chi connectivity index (χ1v) is 9.16. The predicted molar refractivity (Wildman–Crippen MR) is 94.9 cm³/mol. The molecule has 1 N–H and O–H groups in total. The van der Waals surface area contributed by atoms with E-state index < -0.39 is 5.60 Å². The fourth-order valence-corrected chi connectivity index (χ4v) is 4.69. The Kier molecular flexibility index (Phi) is 4.12. The van der Waals surface area contributed by atoms with Gasteiger partial charge in [-0.1, -0.05) is 43.2 Å². The monoisotopic (exact) mass is 339 g/mol. The minimum Gasteiger partial charge on any atom is -0.385 e. The molecule has 1 amide bonds. The normalized spacial score (nSPS) is 29.3. The Morgan fingerprint density at radius 2 is 2.00 bits per heavy atom. The topological polar surface area (TPSA) is 58.4 Å². The van der Waals surface area contributed by atoms with Crippen molar-refractivity contribution in [1.29, 1.82) is 0 Å². The predicted octanol–water partition coefficient (Wildman–Crippen LogP) is 2.71. The van der Waals surface area contributed by atoms with Crippen LogP contribution in [0.2, 0.25) is 0 Å². The minimum atomic E-state index is -0.840. The number of aryl methyl sites for hydroxylation is 1. The van der Waals surface area contributed by atoms with E-state index in [1.54, 1.807) is 17.1 Å². The second-order valence-corrected chi connectivity index (χ2v) is 7.42. The van der Waals surface area contributed by atoms with Crippen molar-refractivity contribution in [3.05, 3.63) is 54.1 Å². The standard InChI is InChI=1S/C20H25N3O2/c1-22-13-17(21-14-22)19(24)23-12-11-20(25,15-7-3-2-4-8-15)16-9-5-6-10-18(16)23/h2-4,7-8,13-14,16,18,25H,5-6,9-12H2,1H3/t16-,18?,20-/m1/s1. The number of nitrogens with zero attached hydrogens (tertiary/aromatic N) is 3. The van der Waals surface area contributed by atoms with Gasteiger partial charge < -0.3 is 14.6 Å². The van der Waals surface area contributed by atoms with Gasteiger partial charge in [0.2, 0.25) is 0 Å². The van der Waals surface area contributed by atoms with Crippen molar-refractivity contribution in [2.75, 3.05) is 6.54 Å². The lowest BCUT2D eigenvalue weighted by atomic mass is 9.66. The van der Waals surface area contributed by atoms with Gasteiger partial charge in [0.05, 0.1) is 11.9 Å². The van der Waals surface area contributed by atoms with Crippen LogP contribution in [0.1, 0.15) is 48.2 Å². The van der Waals surface area contributed by atoms with E-state index >= 15 is 0 Å². The summed E-state index contributed by atoms with van der Waals surface area (Å²) in [6.45, 7) is 0.571. The number of likely N-dealkylation sites (tertiary alicyclic amines) is 1. The highest BCUT2D eigenvalue weighted by Gasteiger charge is 2.50. The van der Waals surface area contributed by atoms with E-state index in [0.717, 1.165) is 31.2 Å². The van der Waals surface area contributed by atoms with Crippen LogP contribution in [0, 0.1) is 5.92 Å². The Bertz CT molecular complexity index is 757. The molecular weight excluding hydrogens is 314 g/mol. The molecule has 3 atom stereocenters. The Hall–Kier alpha value is -2.14. The summed E-state index contributed by atoms with van der Waals surface area (Å²) in [7, 11) is 1.87. The molecule has 0 radical (unpaired) electrons. The van der Waals surface area contributed by atoms with Crippen LogP contribution < -0.4 is 0 Å². The third-order valence-electron chi connectivity index (χ3n) is 5.94. The lowest BCUT2D eigenvalue weighted by molar-refractivity contribution is -0.110. The first-order valence-electron chi connectivity index (χ1n) is 9.16. The van der Waals surface area contributed by atoms with Crippen molar-refractivity contribution < 1.29 is 9.90 Å². The highest BCUT2D eigenvalue weighted by Crippen LogP contribution is 2.47. The second kappa shape index (κ2) is 6.30. The molecule has 5 nitrogen and oxygen atoms in total. The van der Waals surface area contributed by atoms with Crippen LogP contribution >= 0.6 is 0 Å². The molecule has 2 heterocycles. The van der Waals surface area contributed by atoms with Gasteiger partial charge in [-0.25, -0.2) is 4.98 Å². The number of aromatic nitrogens is 2. The Morgan fingerprint density at radius 1 is 1.24 bits per heavy atom. The zero-order valence-corrected chi connectivity index (χ0v) is 14.6. The lowest BCUT2D eigenvalue weighted by Crippen LogP contribution is -2.59. The third-order valence-corrected chi connectivity index (χ3v) is 5.94. The summed E-state index contributed by atoms with van der Waals surface area (Å²) in [4.78, 5) is 19.2. The van der Waals surface area contributed by atoms with Gasteiger partial charge in [0.1, 0.15) is 5.69 Å². The minimum absolute atomic E-state index is 0.00684. The van der Waals surface area contributed by atoms with Gasteiger partial charge in [-0.3, -0.25) is 4.79 Å². The fraction of sp³-hybridized carbons (Fsp3) is 0.500. The van der Waals surface area contributed by atoms with Gasteiger partial charge in [-0.2, -0.15) is 0 Å². The van der Waals surface area contributed by atoms with Crippen LogP contribution in [0.5, 0.6) is 0 Å². The van der Waals surface area contributed by atoms with Gasteiger partial charge in [-0.15, -0.1) is 0 Å². The lowest BCUT2D eigenvalue weighted by Gasteiger charge is -2.52. The maximum Gasteiger partial charge on any atom is 0.274 e. The molecule has 0 spiro atoms. The number of piperidine rings is 1. The molecule has 2 aromatic rings. The molecule has 4 rings (SSSR count). The SMILES string of the molecule is Cn1cnc(C(=O)N2CC[C@@](O)(c3ccccc3)[C@@H]3CCCCC32)c1. The summed E-state index contributed by atoms with van der Waals surface area (Å²) in [6.07, 6.45) is 8.16. The number of carbonyl (C=O) groups is 1. The van der Waals surface area contributed by atoms with E-state index in [4.69, 9.17) is 0 Å². The number of hydrogen-bond donors (Lipinski definition) is 1. The Labute approximate surface area is 148 Å². The molecule has 1 saturated heterocycles. The number of hydrogen-bond acceptors (Lipinski definition) is 3. The quantitative estimate of drug-likeness (QED) is 0.915. The second-order valence-electron chi connectivity index (χ2n) is 7.42.